The molecule has 3 aliphatic rings. The van der Waals surface area contributed by atoms with Gasteiger partial charge in [-0.15, -0.1) is 11.6 Å². The van der Waals surface area contributed by atoms with Crippen molar-refractivity contribution < 1.29 is 9.47 Å². The van der Waals surface area contributed by atoms with Crippen LogP contribution in [0.2, 0.25) is 0 Å². The van der Waals surface area contributed by atoms with Crippen molar-refractivity contribution in [2.75, 3.05) is 19.1 Å². The normalized spacial score (nSPS) is 42.6. The average Bonchev–Trinajstić information content (AvgIpc) is 2.99. The second-order valence-corrected chi connectivity index (χ2v) is 6.86. The molecule has 0 aromatic heterocycles. The molecule has 108 valence electrons. The standard InChI is InChI=1S/C16H25ClO2/c1-16-7-3-2-4-13(16)5-6-14(16)12-10-15(19-11-12)18-9-8-17/h13,15H,2-11H2,1H3/b14-12-/t13-,15?,16-/m0/s1. The zero-order chi connectivity index (χ0) is 13.3. The summed E-state index contributed by atoms with van der Waals surface area (Å²) in [6.45, 7) is 3.87. The lowest BCUT2D eigenvalue weighted by Crippen LogP contribution is -2.28. The lowest BCUT2D eigenvalue weighted by Gasteiger charge is -2.38. The van der Waals surface area contributed by atoms with E-state index in [0.29, 0.717) is 17.9 Å². The second-order valence-electron chi connectivity index (χ2n) is 6.49. The summed E-state index contributed by atoms with van der Waals surface area (Å²) in [5, 5.41) is 0. The van der Waals surface area contributed by atoms with Crippen LogP contribution in [0.1, 0.15) is 51.9 Å². The van der Waals surface area contributed by atoms with Gasteiger partial charge in [0.2, 0.25) is 0 Å². The van der Waals surface area contributed by atoms with E-state index >= 15 is 0 Å². The highest BCUT2D eigenvalue weighted by molar-refractivity contribution is 6.17. The van der Waals surface area contributed by atoms with Crippen LogP contribution >= 0.6 is 11.6 Å². The highest BCUT2D eigenvalue weighted by atomic mass is 35.5. The van der Waals surface area contributed by atoms with E-state index < -0.39 is 0 Å². The minimum absolute atomic E-state index is 0.0486. The highest BCUT2D eigenvalue weighted by Crippen LogP contribution is 2.56. The number of fused-ring (bicyclic) bond motifs is 1. The molecule has 0 aromatic rings. The van der Waals surface area contributed by atoms with E-state index in [-0.39, 0.29) is 6.29 Å². The molecule has 3 rings (SSSR count). The SMILES string of the molecule is C[C@]12CCCC[C@H]1CC/C2=C1/COC(OCCCl)C1. The Morgan fingerprint density at radius 1 is 1.37 bits per heavy atom. The van der Waals surface area contributed by atoms with E-state index in [1.165, 1.54) is 44.1 Å². The first kappa shape index (κ1) is 13.9. The quantitative estimate of drug-likeness (QED) is 0.569. The first-order valence-electron chi connectivity index (χ1n) is 7.74. The Kier molecular flexibility index (Phi) is 4.21. The maximum Gasteiger partial charge on any atom is 0.161 e. The van der Waals surface area contributed by atoms with Crippen LogP contribution in [-0.2, 0) is 9.47 Å². The predicted molar refractivity (Wildman–Crippen MR) is 77.4 cm³/mol. The minimum atomic E-state index is -0.0486. The van der Waals surface area contributed by atoms with Crippen molar-refractivity contribution in [3.05, 3.63) is 11.1 Å². The van der Waals surface area contributed by atoms with Crippen LogP contribution in [-0.4, -0.2) is 25.4 Å². The fraction of sp³-hybridized carbons (Fsp3) is 0.875. The van der Waals surface area contributed by atoms with E-state index in [0.717, 1.165) is 18.9 Å². The van der Waals surface area contributed by atoms with Gasteiger partial charge in [0.25, 0.3) is 0 Å². The molecule has 3 fully saturated rings. The third-order valence-corrected chi connectivity index (χ3v) is 5.65. The number of hydrogen-bond acceptors (Lipinski definition) is 2. The molecule has 2 aliphatic carbocycles. The first-order valence-corrected chi connectivity index (χ1v) is 8.28. The van der Waals surface area contributed by atoms with Gasteiger partial charge in [0.1, 0.15) is 0 Å². The smallest absolute Gasteiger partial charge is 0.161 e. The van der Waals surface area contributed by atoms with Gasteiger partial charge in [-0.2, -0.15) is 0 Å². The number of rotatable bonds is 3. The Balaban J connectivity index is 1.73. The highest BCUT2D eigenvalue weighted by Gasteiger charge is 2.45. The molecule has 3 heteroatoms. The van der Waals surface area contributed by atoms with E-state index in [1.54, 1.807) is 5.57 Å². The van der Waals surface area contributed by atoms with Crippen LogP contribution in [0, 0.1) is 11.3 Å². The number of hydrogen-bond donors (Lipinski definition) is 0. The fourth-order valence-corrected chi connectivity index (χ4v) is 4.55. The molecule has 0 amide bonds. The van der Waals surface area contributed by atoms with Gasteiger partial charge in [-0.1, -0.05) is 25.3 Å². The van der Waals surface area contributed by atoms with Gasteiger partial charge in [0.05, 0.1) is 13.2 Å². The van der Waals surface area contributed by atoms with Crippen molar-refractivity contribution in [3.8, 4) is 0 Å². The van der Waals surface area contributed by atoms with Gasteiger partial charge < -0.3 is 9.47 Å². The Bertz CT molecular complexity index is 366. The lowest BCUT2D eigenvalue weighted by atomic mass is 9.67. The number of halogens is 1. The molecule has 1 saturated heterocycles. The van der Waals surface area contributed by atoms with Gasteiger partial charge in [0, 0.05) is 12.3 Å². The third-order valence-electron chi connectivity index (χ3n) is 5.50. The van der Waals surface area contributed by atoms with Crippen molar-refractivity contribution in [2.45, 2.75) is 58.2 Å². The van der Waals surface area contributed by atoms with E-state index in [4.69, 9.17) is 21.1 Å². The number of ether oxygens (including phenoxy) is 2. The summed E-state index contributed by atoms with van der Waals surface area (Å²) in [7, 11) is 0. The molecule has 0 radical (unpaired) electrons. The third kappa shape index (κ3) is 2.59. The van der Waals surface area contributed by atoms with E-state index in [1.807, 2.05) is 0 Å². The second kappa shape index (κ2) is 5.75. The zero-order valence-corrected chi connectivity index (χ0v) is 12.7. The van der Waals surface area contributed by atoms with Crippen LogP contribution in [0.4, 0.5) is 0 Å². The van der Waals surface area contributed by atoms with Gasteiger partial charge >= 0.3 is 0 Å². The van der Waals surface area contributed by atoms with Crippen molar-refractivity contribution in [1.29, 1.82) is 0 Å². The summed E-state index contributed by atoms with van der Waals surface area (Å²) in [5.41, 5.74) is 3.72. The Morgan fingerprint density at radius 2 is 2.26 bits per heavy atom. The molecule has 2 nitrogen and oxygen atoms in total. The summed E-state index contributed by atoms with van der Waals surface area (Å²) in [4.78, 5) is 0. The van der Waals surface area contributed by atoms with Crippen LogP contribution in [0.5, 0.6) is 0 Å². The molecule has 0 bridgehead atoms. The monoisotopic (exact) mass is 284 g/mol. The van der Waals surface area contributed by atoms with Gasteiger partial charge in [-0.25, -0.2) is 0 Å². The van der Waals surface area contributed by atoms with Crippen LogP contribution in [0.25, 0.3) is 0 Å². The molecular formula is C16H25ClO2. The minimum Gasteiger partial charge on any atom is -0.351 e. The van der Waals surface area contributed by atoms with Crippen LogP contribution < -0.4 is 0 Å². The summed E-state index contributed by atoms with van der Waals surface area (Å²) in [5.74, 6) is 1.47. The molecule has 0 spiro atoms. The molecule has 1 heterocycles. The molecule has 0 N–H and O–H groups in total. The summed E-state index contributed by atoms with van der Waals surface area (Å²) < 4.78 is 11.4. The summed E-state index contributed by atoms with van der Waals surface area (Å²) in [6, 6.07) is 0. The van der Waals surface area contributed by atoms with Gasteiger partial charge in [-0.3, -0.25) is 0 Å². The molecule has 19 heavy (non-hydrogen) atoms. The van der Waals surface area contributed by atoms with Crippen molar-refractivity contribution >= 4 is 11.6 Å². The zero-order valence-electron chi connectivity index (χ0n) is 11.9. The maximum atomic E-state index is 5.77. The average molecular weight is 285 g/mol. The van der Waals surface area contributed by atoms with Crippen molar-refractivity contribution in [3.63, 3.8) is 0 Å². The van der Waals surface area contributed by atoms with Gasteiger partial charge in [-0.05, 0) is 42.6 Å². The Hall–Kier alpha value is -0.0500. The van der Waals surface area contributed by atoms with Crippen molar-refractivity contribution in [1.82, 2.24) is 0 Å². The topological polar surface area (TPSA) is 18.5 Å². The largest absolute Gasteiger partial charge is 0.351 e. The molecule has 3 atom stereocenters. The molecule has 1 aliphatic heterocycles. The number of allylic oxidation sites excluding steroid dienone is 1. The van der Waals surface area contributed by atoms with Crippen LogP contribution in [0.15, 0.2) is 11.1 Å². The predicted octanol–water partition coefficient (Wildman–Crippen LogP) is 4.28. The maximum absolute atomic E-state index is 5.77. The fourth-order valence-electron chi connectivity index (χ4n) is 4.46. The Morgan fingerprint density at radius 3 is 3.11 bits per heavy atom. The Labute approximate surface area is 121 Å². The van der Waals surface area contributed by atoms with E-state index in [9.17, 15) is 0 Å². The summed E-state index contributed by atoms with van der Waals surface area (Å²) in [6.07, 6.45) is 9.24. The van der Waals surface area contributed by atoms with Gasteiger partial charge in [0.15, 0.2) is 6.29 Å². The number of alkyl halides is 1. The lowest BCUT2D eigenvalue weighted by molar-refractivity contribution is -0.106. The van der Waals surface area contributed by atoms with Crippen molar-refractivity contribution in [2.24, 2.45) is 11.3 Å². The molecule has 2 saturated carbocycles. The molecular weight excluding hydrogens is 260 g/mol. The van der Waals surface area contributed by atoms with E-state index in [2.05, 4.69) is 6.92 Å². The summed E-state index contributed by atoms with van der Waals surface area (Å²) >= 11 is 5.66. The first-order chi connectivity index (χ1) is 9.24. The molecule has 1 unspecified atom stereocenters. The molecule has 0 aromatic carbocycles. The van der Waals surface area contributed by atoms with Crippen LogP contribution in [0.3, 0.4) is 0 Å².